The first-order chi connectivity index (χ1) is 7.56. The number of nitrogens with one attached hydrogen (secondary N) is 2. The van der Waals surface area contributed by atoms with Crippen LogP contribution in [0.4, 0.5) is 0 Å². The molecule has 1 saturated heterocycles. The van der Waals surface area contributed by atoms with E-state index in [1.807, 2.05) is 7.05 Å². The molecule has 94 valence electrons. The third-order valence-corrected chi connectivity index (χ3v) is 3.51. The van der Waals surface area contributed by atoms with Crippen LogP contribution in [0, 0.1) is 5.41 Å². The second-order valence-corrected chi connectivity index (χ2v) is 5.24. The van der Waals surface area contributed by atoms with Gasteiger partial charge in [0.2, 0.25) is 5.91 Å². The van der Waals surface area contributed by atoms with Crippen molar-refractivity contribution in [1.29, 1.82) is 0 Å². The lowest BCUT2D eigenvalue weighted by atomic mass is 9.80. The van der Waals surface area contributed by atoms with Gasteiger partial charge < -0.3 is 15.5 Å². The highest BCUT2D eigenvalue weighted by Crippen LogP contribution is 2.29. The SMILES string of the molecule is CNCCC(=O)NCC1(C)CCN(C)CC1. The fourth-order valence-electron chi connectivity index (χ4n) is 1.97. The van der Waals surface area contributed by atoms with Crippen molar-refractivity contribution in [3.63, 3.8) is 0 Å². The Morgan fingerprint density at radius 1 is 1.38 bits per heavy atom. The summed E-state index contributed by atoms with van der Waals surface area (Å²) in [5, 5.41) is 6.03. The van der Waals surface area contributed by atoms with Crippen molar-refractivity contribution in [1.82, 2.24) is 15.5 Å². The molecule has 0 saturated carbocycles. The molecule has 2 N–H and O–H groups in total. The van der Waals surface area contributed by atoms with Crippen LogP contribution in [-0.2, 0) is 4.79 Å². The number of likely N-dealkylation sites (tertiary alicyclic amines) is 1. The maximum absolute atomic E-state index is 11.5. The highest BCUT2D eigenvalue weighted by atomic mass is 16.1. The molecule has 0 unspecified atom stereocenters. The third-order valence-electron chi connectivity index (χ3n) is 3.51. The van der Waals surface area contributed by atoms with Crippen molar-refractivity contribution in [2.45, 2.75) is 26.2 Å². The smallest absolute Gasteiger partial charge is 0.221 e. The zero-order valence-electron chi connectivity index (χ0n) is 10.8. The zero-order chi connectivity index (χ0) is 12.0. The number of hydrogen-bond donors (Lipinski definition) is 2. The predicted molar refractivity (Wildman–Crippen MR) is 66.4 cm³/mol. The fourth-order valence-corrected chi connectivity index (χ4v) is 1.97. The van der Waals surface area contributed by atoms with Gasteiger partial charge in [-0.3, -0.25) is 4.79 Å². The van der Waals surface area contributed by atoms with Gasteiger partial charge in [-0.05, 0) is 45.4 Å². The Kier molecular flexibility index (Phi) is 5.22. The molecule has 0 atom stereocenters. The molecule has 0 aromatic heterocycles. The highest BCUT2D eigenvalue weighted by Gasteiger charge is 2.28. The average Bonchev–Trinajstić information content (AvgIpc) is 2.28. The van der Waals surface area contributed by atoms with E-state index in [4.69, 9.17) is 0 Å². The van der Waals surface area contributed by atoms with Gasteiger partial charge in [0.1, 0.15) is 0 Å². The van der Waals surface area contributed by atoms with Gasteiger partial charge in [0.15, 0.2) is 0 Å². The van der Waals surface area contributed by atoms with Crippen LogP contribution in [0.2, 0.25) is 0 Å². The van der Waals surface area contributed by atoms with Crippen molar-refractivity contribution >= 4 is 5.91 Å². The van der Waals surface area contributed by atoms with Crippen molar-refractivity contribution < 1.29 is 4.79 Å². The van der Waals surface area contributed by atoms with E-state index < -0.39 is 0 Å². The minimum atomic E-state index is 0.162. The minimum Gasteiger partial charge on any atom is -0.356 e. The van der Waals surface area contributed by atoms with E-state index in [1.54, 1.807) is 0 Å². The first-order valence-corrected chi connectivity index (χ1v) is 6.16. The molecule has 1 amide bonds. The van der Waals surface area contributed by atoms with Gasteiger partial charge in [0.05, 0.1) is 0 Å². The van der Waals surface area contributed by atoms with E-state index in [0.717, 1.165) is 26.2 Å². The summed E-state index contributed by atoms with van der Waals surface area (Å²) in [7, 11) is 4.02. The van der Waals surface area contributed by atoms with Crippen molar-refractivity contribution in [3.05, 3.63) is 0 Å². The molecule has 1 aliphatic heterocycles. The van der Waals surface area contributed by atoms with Gasteiger partial charge in [-0.1, -0.05) is 6.92 Å². The zero-order valence-corrected chi connectivity index (χ0v) is 10.8. The first-order valence-electron chi connectivity index (χ1n) is 6.16. The number of carbonyl (C=O) groups is 1. The Morgan fingerprint density at radius 2 is 2.00 bits per heavy atom. The van der Waals surface area contributed by atoms with E-state index in [-0.39, 0.29) is 5.91 Å². The maximum Gasteiger partial charge on any atom is 0.221 e. The number of nitrogens with zero attached hydrogens (tertiary/aromatic N) is 1. The van der Waals surface area contributed by atoms with Gasteiger partial charge >= 0.3 is 0 Å². The number of rotatable bonds is 5. The lowest BCUT2D eigenvalue weighted by Gasteiger charge is -2.37. The largest absolute Gasteiger partial charge is 0.356 e. The molecule has 4 nitrogen and oxygen atoms in total. The first kappa shape index (κ1) is 13.5. The van der Waals surface area contributed by atoms with Gasteiger partial charge in [0.25, 0.3) is 0 Å². The Labute approximate surface area is 98.8 Å². The van der Waals surface area contributed by atoms with Gasteiger partial charge in [-0.2, -0.15) is 0 Å². The molecule has 1 fully saturated rings. The third kappa shape index (κ3) is 4.49. The maximum atomic E-state index is 11.5. The molecule has 4 heteroatoms. The number of hydrogen-bond acceptors (Lipinski definition) is 3. The van der Waals surface area contributed by atoms with Crippen LogP contribution in [0.1, 0.15) is 26.2 Å². The topological polar surface area (TPSA) is 44.4 Å². The monoisotopic (exact) mass is 227 g/mol. The quantitative estimate of drug-likeness (QED) is 0.716. The fraction of sp³-hybridized carbons (Fsp3) is 0.917. The summed E-state index contributed by atoms with van der Waals surface area (Å²) < 4.78 is 0. The molecule has 0 aromatic carbocycles. The summed E-state index contributed by atoms with van der Waals surface area (Å²) in [6, 6.07) is 0. The summed E-state index contributed by atoms with van der Waals surface area (Å²) in [6.45, 7) is 6.14. The summed E-state index contributed by atoms with van der Waals surface area (Å²) in [5.74, 6) is 0.162. The Hall–Kier alpha value is -0.610. The van der Waals surface area contributed by atoms with Gasteiger partial charge in [-0.25, -0.2) is 0 Å². The summed E-state index contributed by atoms with van der Waals surface area (Å²) >= 11 is 0. The van der Waals surface area contributed by atoms with Gasteiger partial charge in [-0.15, -0.1) is 0 Å². The summed E-state index contributed by atoms with van der Waals surface area (Å²) in [6.07, 6.45) is 2.93. The standard InChI is InChI=1S/C12H25N3O/c1-12(5-8-15(3)9-6-12)10-14-11(16)4-7-13-2/h13H,4-10H2,1-3H3,(H,14,16). The Morgan fingerprint density at radius 3 is 2.56 bits per heavy atom. The van der Waals surface area contributed by atoms with Crippen LogP contribution in [0.15, 0.2) is 0 Å². The number of carbonyl (C=O) groups excluding carboxylic acids is 1. The lowest BCUT2D eigenvalue weighted by Crippen LogP contribution is -2.43. The molecule has 0 bridgehead atoms. The van der Waals surface area contributed by atoms with Crippen LogP contribution in [0.3, 0.4) is 0 Å². The summed E-state index contributed by atoms with van der Waals surface area (Å²) in [5.41, 5.74) is 0.293. The molecule has 16 heavy (non-hydrogen) atoms. The van der Waals surface area contributed by atoms with Crippen LogP contribution in [0.25, 0.3) is 0 Å². The van der Waals surface area contributed by atoms with Crippen molar-refractivity contribution in [3.8, 4) is 0 Å². The molecule has 0 radical (unpaired) electrons. The summed E-state index contributed by atoms with van der Waals surface area (Å²) in [4.78, 5) is 13.8. The van der Waals surface area contributed by atoms with E-state index >= 15 is 0 Å². The van der Waals surface area contributed by atoms with Crippen LogP contribution in [-0.4, -0.2) is 51.1 Å². The van der Waals surface area contributed by atoms with E-state index in [1.165, 1.54) is 12.8 Å². The average molecular weight is 227 g/mol. The molecule has 1 heterocycles. The molecule has 0 aromatic rings. The van der Waals surface area contributed by atoms with Gasteiger partial charge in [0, 0.05) is 19.5 Å². The second-order valence-electron chi connectivity index (χ2n) is 5.24. The molecule has 1 rings (SSSR count). The second kappa shape index (κ2) is 6.21. The molecule has 1 aliphatic rings. The lowest BCUT2D eigenvalue weighted by molar-refractivity contribution is -0.121. The molecular formula is C12H25N3O. The Balaban J connectivity index is 2.23. The highest BCUT2D eigenvalue weighted by molar-refractivity contribution is 5.76. The number of piperidine rings is 1. The molecule has 0 aliphatic carbocycles. The van der Waals surface area contributed by atoms with Crippen molar-refractivity contribution in [2.75, 3.05) is 40.3 Å². The number of amides is 1. The Bertz CT molecular complexity index is 222. The van der Waals surface area contributed by atoms with E-state index in [2.05, 4.69) is 29.5 Å². The minimum absolute atomic E-state index is 0.162. The molecule has 0 spiro atoms. The molecular weight excluding hydrogens is 202 g/mol. The van der Waals surface area contributed by atoms with Crippen LogP contribution < -0.4 is 10.6 Å². The van der Waals surface area contributed by atoms with Crippen molar-refractivity contribution in [2.24, 2.45) is 5.41 Å². The van der Waals surface area contributed by atoms with Crippen LogP contribution >= 0.6 is 0 Å². The van der Waals surface area contributed by atoms with E-state index in [0.29, 0.717) is 11.8 Å². The van der Waals surface area contributed by atoms with E-state index in [9.17, 15) is 4.79 Å². The normalized spacial score (nSPS) is 20.7. The predicted octanol–water partition coefficient (Wildman–Crippen LogP) is 0.444. The van der Waals surface area contributed by atoms with Crippen LogP contribution in [0.5, 0.6) is 0 Å².